The highest BCUT2D eigenvalue weighted by atomic mass is 32.2. The number of carbonyl (C=O) groups excluding carboxylic acids is 3. The number of likely N-dealkylation sites (N-methyl/N-ethyl adjacent to an activating group) is 1. The predicted octanol–water partition coefficient (Wildman–Crippen LogP) is 3.08. The first-order valence-corrected chi connectivity index (χ1v) is 8.93. The average Bonchev–Trinajstić information content (AvgIpc) is 2.85. The third-order valence-corrected chi connectivity index (χ3v) is 4.30. The van der Waals surface area contributed by atoms with Crippen LogP contribution >= 0.6 is 11.8 Å². The summed E-state index contributed by atoms with van der Waals surface area (Å²) >= 11 is 0.904. The van der Waals surface area contributed by atoms with Crippen LogP contribution in [0.5, 0.6) is 11.5 Å². The van der Waals surface area contributed by atoms with Gasteiger partial charge in [0.25, 0.3) is 11.1 Å². The lowest BCUT2D eigenvalue weighted by atomic mass is 10.2. The fraction of sp³-hybridized carbons (Fsp3) is 0.389. The van der Waals surface area contributed by atoms with Gasteiger partial charge in [0, 0.05) is 6.54 Å². The van der Waals surface area contributed by atoms with Gasteiger partial charge in [0.05, 0.1) is 18.1 Å². The number of ether oxygens (including phenoxy) is 3. The minimum absolute atomic E-state index is 0.214. The number of benzene rings is 1. The molecule has 1 aromatic carbocycles. The number of carbonyl (C=O) groups is 3. The van der Waals surface area contributed by atoms with E-state index in [1.54, 1.807) is 45.0 Å². The van der Waals surface area contributed by atoms with Crippen LogP contribution in [0.3, 0.4) is 0 Å². The number of thioether (sulfide) groups is 1. The molecule has 1 aliphatic heterocycles. The number of hydrogen-bond donors (Lipinski definition) is 0. The van der Waals surface area contributed by atoms with Crippen molar-refractivity contribution in [2.45, 2.75) is 26.9 Å². The van der Waals surface area contributed by atoms with Gasteiger partial charge in [-0.15, -0.1) is 0 Å². The van der Waals surface area contributed by atoms with E-state index in [4.69, 9.17) is 14.2 Å². The van der Waals surface area contributed by atoms with Gasteiger partial charge in [-0.25, -0.2) is 4.79 Å². The number of hydrogen-bond acceptors (Lipinski definition) is 7. The molecule has 1 heterocycles. The van der Waals surface area contributed by atoms with Crippen molar-refractivity contribution in [3.8, 4) is 11.5 Å². The molecule has 7 nitrogen and oxygen atoms in total. The largest absolute Gasteiger partial charge is 0.493 e. The summed E-state index contributed by atoms with van der Waals surface area (Å²) in [5.41, 5.74) is 0.681. The number of imide groups is 1. The van der Waals surface area contributed by atoms with Crippen molar-refractivity contribution in [1.82, 2.24) is 4.90 Å². The van der Waals surface area contributed by atoms with Crippen molar-refractivity contribution in [3.63, 3.8) is 0 Å². The van der Waals surface area contributed by atoms with Crippen LogP contribution < -0.4 is 9.47 Å². The van der Waals surface area contributed by atoms with Gasteiger partial charge >= 0.3 is 5.97 Å². The van der Waals surface area contributed by atoms with Gasteiger partial charge in [0.15, 0.2) is 18.1 Å². The molecule has 8 heteroatoms. The number of esters is 1. The molecular weight excluding hydrogens is 358 g/mol. The monoisotopic (exact) mass is 379 g/mol. The zero-order valence-corrected chi connectivity index (χ0v) is 15.9. The smallest absolute Gasteiger partial charge is 0.344 e. The molecule has 1 fully saturated rings. The lowest BCUT2D eigenvalue weighted by Crippen LogP contribution is -2.27. The Hall–Kier alpha value is -2.48. The van der Waals surface area contributed by atoms with Gasteiger partial charge in [0.2, 0.25) is 0 Å². The van der Waals surface area contributed by atoms with E-state index >= 15 is 0 Å². The second kappa shape index (κ2) is 8.75. The molecule has 0 aromatic heterocycles. The van der Waals surface area contributed by atoms with E-state index in [2.05, 4.69) is 0 Å². The van der Waals surface area contributed by atoms with Crippen LogP contribution in [0.4, 0.5) is 4.79 Å². The Morgan fingerprint density at radius 3 is 2.58 bits per heavy atom. The van der Waals surface area contributed by atoms with Gasteiger partial charge in [-0.05, 0) is 56.3 Å². The van der Waals surface area contributed by atoms with E-state index in [1.807, 2.05) is 0 Å². The molecule has 0 aliphatic carbocycles. The number of amides is 2. The van der Waals surface area contributed by atoms with Crippen LogP contribution in [0.15, 0.2) is 23.1 Å². The highest BCUT2D eigenvalue weighted by Crippen LogP contribution is 2.34. The van der Waals surface area contributed by atoms with E-state index in [9.17, 15) is 14.4 Å². The minimum Gasteiger partial charge on any atom is -0.493 e. The highest BCUT2D eigenvalue weighted by molar-refractivity contribution is 8.18. The van der Waals surface area contributed by atoms with Crippen molar-refractivity contribution >= 4 is 35.0 Å². The first kappa shape index (κ1) is 19.8. The fourth-order valence-corrected chi connectivity index (χ4v) is 3.15. The molecule has 0 bridgehead atoms. The zero-order valence-electron chi connectivity index (χ0n) is 15.1. The van der Waals surface area contributed by atoms with E-state index in [1.165, 1.54) is 12.0 Å². The zero-order chi connectivity index (χ0) is 19.3. The molecule has 0 saturated carbocycles. The summed E-state index contributed by atoms with van der Waals surface area (Å²) in [6.07, 6.45) is 1.41. The van der Waals surface area contributed by atoms with E-state index < -0.39 is 5.97 Å². The molecule has 0 unspecified atom stereocenters. The molecule has 26 heavy (non-hydrogen) atoms. The molecule has 140 valence electrons. The lowest BCUT2D eigenvalue weighted by Gasteiger charge is -2.12. The normalized spacial score (nSPS) is 15.7. The van der Waals surface area contributed by atoms with Crippen LogP contribution in [-0.2, 0) is 14.3 Å². The number of methoxy groups -OCH3 is 1. The fourth-order valence-electron chi connectivity index (χ4n) is 2.25. The molecule has 1 aromatic rings. The maximum atomic E-state index is 12.1. The van der Waals surface area contributed by atoms with Gasteiger partial charge in [-0.3, -0.25) is 14.5 Å². The number of rotatable bonds is 7. The topological polar surface area (TPSA) is 82.1 Å². The first-order valence-electron chi connectivity index (χ1n) is 8.11. The van der Waals surface area contributed by atoms with Gasteiger partial charge < -0.3 is 14.2 Å². The quantitative estimate of drug-likeness (QED) is 0.532. The Morgan fingerprint density at radius 1 is 1.27 bits per heavy atom. The Kier molecular flexibility index (Phi) is 6.68. The second-order valence-corrected chi connectivity index (χ2v) is 6.66. The maximum Gasteiger partial charge on any atom is 0.344 e. The molecule has 2 amide bonds. The SMILES string of the molecule is CCN1C(=O)S/C(=C\c2ccc(OCC(=O)OC(C)C)c(OC)c2)C1=O. The second-order valence-electron chi connectivity index (χ2n) is 5.66. The Bertz CT molecular complexity index is 743. The molecule has 1 aliphatic rings. The van der Waals surface area contributed by atoms with Gasteiger partial charge in [0.1, 0.15) is 0 Å². The van der Waals surface area contributed by atoms with Crippen LogP contribution in [0.1, 0.15) is 26.3 Å². The first-order chi connectivity index (χ1) is 12.3. The van der Waals surface area contributed by atoms with Crippen LogP contribution in [0.2, 0.25) is 0 Å². The molecule has 1 saturated heterocycles. The third kappa shape index (κ3) is 4.78. The summed E-state index contributed by atoms with van der Waals surface area (Å²) in [5, 5.41) is -0.278. The van der Waals surface area contributed by atoms with Gasteiger partial charge in [-0.2, -0.15) is 0 Å². The molecule has 2 rings (SSSR count). The summed E-state index contributed by atoms with van der Waals surface area (Å²) in [6, 6.07) is 5.02. The van der Waals surface area contributed by atoms with Crippen LogP contribution in [0.25, 0.3) is 6.08 Å². The summed E-state index contributed by atoms with van der Waals surface area (Å²) < 4.78 is 15.7. The summed E-state index contributed by atoms with van der Waals surface area (Å²) in [4.78, 5) is 37.0. The number of nitrogens with zero attached hydrogens (tertiary/aromatic N) is 1. The molecular formula is C18H21NO6S. The summed E-state index contributed by atoms with van der Waals surface area (Å²) in [7, 11) is 1.48. The Morgan fingerprint density at radius 2 is 2.00 bits per heavy atom. The van der Waals surface area contributed by atoms with Gasteiger partial charge in [-0.1, -0.05) is 6.07 Å². The molecule has 0 atom stereocenters. The third-order valence-electron chi connectivity index (χ3n) is 3.39. The summed E-state index contributed by atoms with van der Waals surface area (Å²) in [6.45, 7) is 5.37. The van der Waals surface area contributed by atoms with Crippen molar-refractivity contribution in [2.75, 3.05) is 20.3 Å². The molecule has 0 spiro atoms. The molecule has 0 N–H and O–H groups in total. The highest BCUT2D eigenvalue weighted by Gasteiger charge is 2.33. The van der Waals surface area contributed by atoms with Crippen molar-refractivity contribution < 1.29 is 28.6 Å². The summed E-state index contributed by atoms with van der Waals surface area (Å²) in [5.74, 6) is 0.00966. The Labute approximate surface area is 156 Å². The molecule has 0 radical (unpaired) electrons. The van der Waals surface area contributed by atoms with E-state index in [-0.39, 0.29) is 23.9 Å². The van der Waals surface area contributed by atoms with Crippen molar-refractivity contribution in [3.05, 3.63) is 28.7 Å². The van der Waals surface area contributed by atoms with E-state index in [0.717, 1.165) is 11.8 Å². The van der Waals surface area contributed by atoms with Crippen LogP contribution in [0, 0.1) is 0 Å². The minimum atomic E-state index is -0.473. The maximum absolute atomic E-state index is 12.1. The standard InChI is InChI=1S/C18H21NO6S/c1-5-19-17(21)15(26-18(19)22)9-12-6-7-13(14(8-12)23-4)24-10-16(20)25-11(2)3/h6-9,11H,5,10H2,1-4H3/b15-9-. The Balaban J connectivity index is 2.13. The average molecular weight is 379 g/mol. The lowest BCUT2D eigenvalue weighted by molar-refractivity contribution is -0.149. The van der Waals surface area contributed by atoms with E-state index in [0.29, 0.717) is 28.5 Å². The predicted molar refractivity (Wildman–Crippen MR) is 98.1 cm³/mol. The van der Waals surface area contributed by atoms with Crippen molar-refractivity contribution in [2.24, 2.45) is 0 Å². The van der Waals surface area contributed by atoms with Crippen LogP contribution in [-0.4, -0.2) is 48.4 Å². The van der Waals surface area contributed by atoms with Crippen molar-refractivity contribution in [1.29, 1.82) is 0 Å².